The van der Waals surface area contributed by atoms with E-state index in [2.05, 4.69) is 16.5 Å². The maximum atomic E-state index is 5.31. The number of anilines is 1. The van der Waals surface area contributed by atoms with E-state index in [1.807, 2.05) is 12.1 Å². The van der Waals surface area contributed by atoms with Crippen LogP contribution in [0.1, 0.15) is 0 Å². The molecule has 0 saturated heterocycles. The molecule has 0 aliphatic rings. The van der Waals surface area contributed by atoms with Gasteiger partial charge < -0.3 is 16.9 Å². The first-order valence-electron chi connectivity index (χ1n) is 3.09. The number of nitrogens with two attached hydrogens (primary N) is 2. The third kappa shape index (κ3) is 2.17. The topological polar surface area (TPSA) is 76.4 Å². The van der Waals surface area contributed by atoms with Crippen molar-refractivity contribution >= 4 is 11.6 Å². The van der Waals surface area contributed by atoms with Gasteiger partial charge in [-0.25, -0.2) is 0 Å². The van der Waals surface area contributed by atoms with E-state index in [-0.39, 0.29) is 5.96 Å². The monoisotopic (exact) mass is 149 g/mol. The zero-order valence-electron chi connectivity index (χ0n) is 5.91. The summed E-state index contributed by atoms with van der Waals surface area (Å²) in [5.41, 5.74) is 6.15. The van der Waals surface area contributed by atoms with Crippen molar-refractivity contribution in [3.8, 4) is 0 Å². The van der Waals surface area contributed by atoms with Crippen LogP contribution in [-0.4, -0.2) is 5.96 Å². The molecule has 11 heavy (non-hydrogen) atoms. The minimum atomic E-state index is 0.191. The minimum absolute atomic E-state index is 0.191. The normalized spacial score (nSPS) is 11.1. The van der Waals surface area contributed by atoms with Crippen molar-refractivity contribution in [2.24, 2.45) is 16.7 Å². The fourth-order valence-electron chi connectivity index (χ4n) is 0.650. The second kappa shape index (κ2) is 3.46. The van der Waals surface area contributed by atoms with Gasteiger partial charge in [-0.1, -0.05) is 12.1 Å². The lowest BCUT2D eigenvalue weighted by Crippen LogP contribution is -2.23. The first-order chi connectivity index (χ1) is 5.33. The van der Waals surface area contributed by atoms with Crippen LogP contribution in [0.15, 0.2) is 29.4 Å². The van der Waals surface area contributed by atoms with E-state index in [1.54, 1.807) is 12.1 Å². The van der Waals surface area contributed by atoms with E-state index in [0.717, 1.165) is 5.69 Å². The first-order valence-corrected chi connectivity index (χ1v) is 3.09. The quantitative estimate of drug-likeness (QED) is 0.229. The smallest absolute Gasteiger partial charge is 0.215 e. The van der Waals surface area contributed by atoms with Gasteiger partial charge in [-0.15, -0.1) is 5.10 Å². The summed E-state index contributed by atoms with van der Waals surface area (Å²) in [6.45, 7) is 0. The van der Waals surface area contributed by atoms with Crippen molar-refractivity contribution in [3.63, 3.8) is 0 Å². The van der Waals surface area contributed by atoms with E-state index in [1.165, 1.54) is 0 Å². The Bertz CT molecular complexity index is 242. The third-order valence-corrected chi connectivity index (χ3v) is 1.13. The van der Waals surface area contributed by atoms with Crippen molar-refractivity contribution < 1.29 is 0 Å². The van der Waals surface area contributed by atoms with E-state index in [0.29, 0.717) is 0 Å². The lowest BCUT2D eigenvalue weighted by Gasteiger charge is -2.01. The Morgan fingerprint density at radius 1 is 1.45 bits per heavy atom. The Morgan fingerprint density at radius 3 is 2.64 bits per heavy atom. The summed E-state index contributed by atoms with van der Waals surface area (Å²) < 4.78 is 0. The standard InChI is InChI=1S/C7H9N4/c8-7(11-9)10-6-4-2-1-3-5-6/h2-5H,9H2,(H3,8,10,11). The molecule has 1 aromatic carbocycles. The molecule has 0 unspecified atom stereocenters. The predicted octanol–water partition coefficient (Wildman–Crippen LogP) is 0.0871. The van der Waals surface area contributed by atoms with Crippen molar-refractivity contribution in [2.75, 3.05) is 5.32 Å². The summed E-state index contributed by atoms with van der Waals surface area (Å²) in [6, 6.07) is 10.0. The molecule has 0 heterocycles. The molecule has 0 atom stereocenters. The van der Waals surface area contributed by atoms with E-state index in [4.69, 9.17) is 11.6 Å². The first kappa shape index (κ1) is 7.40. The summed E-state index contributed by atoms with van der Waals surface area (Å²) in [7, 11) is 0. The number of nitrogens with one attached hydrogen (secondary N) is 1. The molecule has 0 fully saturated rings. The molecule has 0 spiro atoms. The average molecular weight is 149 g/mol. The second-order valence-corrected chi connectivity index (χ2v) is 1.93. The van der Waals surface area contributed by atoms with Gasteiger partial charge in [0.2, 0.25) is 5.96 Å². The lowest BCUT2D eigenvalue weighted by atomic mass is 10.3. The third-order valence-electron chi connectivity index (χ3n) is 1.13. The van der Waals surface area contributed by atoms with Gasteiger partial charge in [0.05, 0.1) is 0 Å². The fraction of sp³-hybridized carbons (Fsp3) is 0. The molecule has 0 amide bonds. The molecular formula is C7H9N4. The number of hydrogen-bond donors (Lipinski definition) is 3. The summed E-state index contributed by atoms with van der Waals surface area (Å²) >= 11 is 0. The summed E-state index contributed by atoms with van der Waals surface area (Å²) in [4.78, 5) is 0. The molecule has 1 aromatic rings. The highest BCUT2D eigenvalue weighted by molar-refractivity contribution is 5.91. The van der Waals surface area contributed by atoms with Crippen molar-refractivity contribution in [2.45, 2.75) is 0 Å². The van der Waals surface area contributed by atoms with Crippen LogP contribution in [0.25, 0.3) is 0 Å². The van der Waals surface area contributed by atoms with Gasteiger partial charge in [-0.3, -0.25) is 0 Å². The highest BCUT2D eigenvalue weighted by Gasteiger charge is 1.90. The molecule has 57 valence electrons. The fourth-order valence-corrected chi connectivity index (χ4v) is 0.650. The van der Waals surface area contributed by atoms with Crippen LogP contribution in [0.5, 0.6) is 0 Å². The number of guanidine groups is 1. The van der Waals surface area contributed by atoms with Crippen LogP contribution >= 0.6 is 0 Å². The van der Waals surface area contributed by atoms with Crippen molar-refractivity contribution in [1.82, 2.24) is 0 Å². The Kier molecular flexibility index (Phi) is 2.32. The zero-order chi connectivity index (χ0) is 8.10. The van der Waals surface area contributed by atoms with E-state index in [9.17, 15) is 0 Å². The van der Waals surface area contributed by atoms with Gasteiger partial charge in [0.25, 0.3) is 0 Å². The maximum Gasteiger partial charge on any atom is 0.215 e. The highest BCUT2D eigenvalue weighted by atomic mass is 15.2. The molecule has 4 heteroatoms. The van der Waals surface area contributed by atoms with Crippen LogP contribution in [0.4, 0.5) is 5.69 Å². The van der Waals surface area contributed by atoms with Gasteiger partial charge in [-0.2, -0.15) is 0 Å². The molecule has 1 rings (SSSR count). The van der Waals surface area contributed by atoms with Gasteiger partial charge in [0, 0.05) is 5.69 Å². The predicted molar refractivity (Wildman–Crippen MR) is 44.7 cm³/mol. The zero-order valence-corrected chi connectivity index (χ0v) is 5.91. The van der Waals surface area contributed by atoms with Gasteiger partial charge in [0.15, 0.2) is 0 Å². The van der Waals surface area contributed by atoms with Gasteiger partial charge in [-0.05, 0) is 18.2 Å². The van der Waals surface area contributed by atoms with E-state index >= 15 is 0 Å². The van der Waals surface area contributed by atoms with Gasteiger partial charge >= 0.3 is 0 Å². The number of hydrogen-bond acceptors (Lipinski definition) is 2. The van der Waals surface area contributed by atoms with Gasteiger partial charge in [0.1, 0.15) is 0 Å². The molecule has 0 aliphatic carbocycles. The number of hydrazone groups is 1. The molecule has 0 aromatic heterocycles. The largest absolute Gasteiger partial charge is 0.368 e. The molecule has 5 N–H and O–H groups in total. The van der Waals surface area contributed by atoms with E-state index < -0.39 is 0 Å². The second-order valence-electron chi connectivity index (χ2n) is 1.93. The SMILES string of the molecule is NN=C(N)Nc1cc[c]cc1. The Morgan fingerprint density at radius 2 is 2.09 bits per heavy atom. The van der Waals surface area contributed by atoms with Crippen LogP contribution in [0.3, 0.4) is 0 Å². The van der Waals surface area contributed by atoms with Crippen LogP contribution < -0.4 is 16.9 Å². The molecule has 0 bridgehead atoms. The minimum Gasteiger partial charge on any atom is -0.368 e. The number of nitrogens with zero attached hydrogens (tertiary/aromatic N) is 1. The van der Waals surface area contributed by atoms with Crippen LogP contribution in [0.2, 0.25) is 0 Å². The Labute approximate surface area is 64.9 Å². The highest BCUT2D eigenvalue weighted by Crippen LogP contribution is 2.02. The molecule has 0 saturated carbocycles. The number of rotatable bonds is 1. The Hall–Kier alpha value is -1.71. The maximum absolute atomic E-state index is 5.31. The van der Waals surface area contributed by atoms with Crippen LogP contribution in [-0.2, 0) is 0 Å². The van der Waals surface area contributed by atoms with Crippen molar-refractivity contribution in [3.05, 3.63) is 30.3 Å². The lowest BCUT2D eigenvalue weighted by molar-refractivity contribution is 1.22. The summed E-state index contributed by atoms with van der Waals surface area (Å²) in [5, 5.41) is 6.03. The average Bonchev–Trinajstić information content (AvgIpc) is 2.06. The Balaban J connectivity index is 2.65. The summed E-state index contributed by atoms with van der Waals surface area (Å²) in [5.74, 6) is 5.10. The summed E-state index contributed by atoms with van der Waals surface area (Å²) in [6.07, 6.45) is 0. The molecule has 4 nitrogen and oxygen atoms in total. The molecular weight excluding hydrogens is 140 g/mol. The van der Waals surface area contributed by atoms with Crippen LogP contribution in [0, 0.1) is 6.07 Å². The number of benzene rings is 1. The van der Waals surface area contributed by atoms with Crippen molar-refractivity contribution in [1.29, 1.82) is 0 Å². The molecule has 1 radical (unpaired) electrons. The molecule has 0 aliphatic heterocycles.